The summed E-state index contributed by atoms with van der Waals surface area (Å²) in [5.74, 6) is 0.328. The van der Waals surface area contributed by atoms with E-state index in [2.05, 4.69) is 22.2 Å². The predicted octanol–water partition coefficient (Wildman–Crippen LogP) is -0.0232. The lowest BCUT2D eigenvalue weighted by molar-refractivity contribution is -0.132. The Labute approximate surface area is 122 Å². The van der Waals surface area contributed by atoms with Crippen LogP contribution in [0, 0.1) is 0 Å². The molecule has 3 fully saturated rings. The number of likely N-dealkylation sites (N-methyl/N-ethyl adjacent to an activating group) is 1. The first-order valence-electron chi connectivity index (χ1n) is 8.17. The number of hydrogen-bond acceptors (Lipinski definition) is 4. The van der Waals surface area contributed by atoms with Crippen LogP contribution in [0.5, 0.6) is 0 Å². The summed E-state index contributed by atoms with van der Waals surface area (Å²) in [6, 6.07) is 1.42. The van der Waals surface area contributed by atoms with E-state index in [-0.39, 0.29) is 0 Å². The summed E-state index contributed by atoms with van der Waals surface area (Å²) in [5.41, 5.74) is 0. The highest BCUT2D eigenvalue weighted by molar-refractivity contribution is 5.78. The van der Waals surface area contributed by atoms with Gasteiger partial charge in [0.2, 0.25) is 5.91 Å². The van der Waals surface area contributed by atoms with E-state index in [1.54, 1.807) is 0 Å². The Kier molecular flexibility index (Phi) is 4.58. The fraction of sp³-hybridized carbons (Fsp3) is 0.933. The Hall–Kier alpha value is -0.650. The third-order valence-corrected chi connectivity index (χ3v) is 5.28. The van der Waals surface area contributed by atoms with Crippen molar-refractivity contribution < 1.29 is 4.79 Å². The molecule has 1 amide bonds. The van der Waals surface area contributed by atoms with Crippen LogP contribution in [0.15, 0.2) is 0 Å². The summed E-state index contributed by atoms with van der Waals surface area (Å²) in [6.07, 6.45) is 4.96. The molecule has 3 aliphatic heterocycles. The largest absolute Gasteiger partial charge is 0.340 e. The van der Waals surface area contributed by atoms with E-state index in [4.69, 9.17) is 0 Å². The lowest BCUT2D eigenvalue weighted by Crippen LogP contribution is -2.44. The zero-order valence-corrected chi connectivity index (χ0v) is 12.7. The fourth-order valence-electron chi connectivity index (χ4n) is 3.91. The summed E-state index contributed by atoms with van der Waals surface area (Å²) in [4.78, 5) is 19.4. The maximum absolute atomic E-state index is 12.5. The molecular weight excluding hydrogens is 252 g/mol. The van der Waals surface area contributed by atoms with Crippen LogP contribution in [-0.2, 0) is 4.79 Å². The molecule has 5 nitrogen and oxygen atoms in total. The molecule has 2 atom stereocenters. The standard InChI is InChI=1S/C15H28N4O/c1-17-13-3-4-14(17)11-18(9-5-13)12-15(20)19-8-2-6-16-7-10-19/h13-14,16H,2-12H2,1H3. The molecule has 0 aromatic carbocycles. The van der Waals surface area contributed by atoms with Crippen LogP contribution in [0.25, 0.3) is 0 Å². The first-order valence-corrected chi connectivity index (χ1v) is 8.17. The van der Waals surface area contributed by atoms with E-state index in [9.17, 15) is 4.79 Å². The van der Waals surface area contributed by atoms with Crippen LogP contribution in [-0.4, -0.2) is 85.6 Å². The van der Waals surface area contributed by atoms with E-state index >= 15 is 0 Å². The normalized spacial score (nSPS) is 33.0. The molecule has 3 rings (SSSR count). The number of carbonyl (C=O) groups excluding carboxylic acids is 1. The minimum absolute atomic E-state index is 0.328. The number of rotatable bonds is 2. The monoisotopic (exact) mass is 280 g/mol. The average Bonchev–Trinajstić information content (AvgIpc) is 2.63. The first kappa shape index (κ1) is 14.3. The number of carbonyl (C=O) groups is 1. The second-order valence-electron chi connectivity index (χ2n) is 6.56. The van der Waals surface area contributed by atoms with Gasteiger partial charge in [0.25, 0.3) is 0 Å². The summed E-state index contributed by atoms with van der Waals surface area (Å²) in [6.45, 7) is 6.57. The maximum atomic E-state index is 12.5. The number of likely N-dealkylation sites (tertiary alicyclic amines) is 1. The van der Waals surface area contributed by atoms with Crippen molar-refractivity contribution in [3.63, 3.8) is 0 Å². The molecule has 5 heteroatoms. The van der Waals surface area contributed by atoms with Crippen molar-refractivity contribution >= 4 is 5.91 Å². The summed E-state index contributed by atoms with van der Waals surface area (Å²) >= 11 is 0. The highest BCUT2D eigenvalue weighted by Gasteiger charge is 2.35. The van der Waals surface area contributed by atoms with Gasteiger partial charge in [-0.25, -0.2) is 0 Å². The van der Waals surface area contributed by atoms with E-state index in [1.165, 1.54) is 19.3 Å². The van der Waals surface area contributed by atoms with Crippen LogP contribution in [0.3, 0.4) is 0 Å². The van der Waals surface area contributed by atoms with E-state index in [1.807, 2.05) is 4.90 Å². The van der Waals surface area contributed by atoms with Crippen LogP contribution in [0.1, 0.15) is 25.7 Å². The summed E-state index contributed by atoms with van der Waals surface area (Å²) < 4.78 is 0. The summed E-state index contributed by atoms with van der Waals surface area (Å²) in [5, 5.41) is 3.36. The minimum Gasteiger partial charge on any atom is -0.340 e. The average molecular weight is 280 g/mol. The van der Waals surface area contributed by atoms with Crippen LogP contribution in [0.2, 0.25) is 0 Å². The van der Waals surface area contributed by atoms with Crippen molar-refractivity contribution in [1.29, 1.82) is 0 Å². The molecule has 0 spiro atoms. The quantitative estimate of drug-likeness (QED) is 0.771. The molecule has 3 heterocycles. The fourth-order valence-corrected chi connectivity index (χ4v) is 3.91. The third-order valence-electron chi connectivity index (χ3n) is 5.28. The molecule has 114 valence electrons. The molecule has 0 radical (unpaired) electrons. The minimum atomic E-state index is 0.328. The zero-order chi connectivity index (χ0) is 13.9. The summed E-state index contributed by atoms with van der Waals surface area (Å²) in [7, 11) is 2.26. The lowest BCUT2D eigenvalue weighted by Gasteiger charge is -2.28. The topological polar surface area (TPSA) is 38.8 Å². The Morgan fingerprint density at radius 3 is 2.85 bits per heavy atom. The van der Waals surface area contributed by atoms with Crippen LogP contribution < -0.4 is 5.32 Å². The van der Waals surface area contributed by atoms with Crippen molar-refractivity contribution in [2.75, 3.05) is 52.9 Å². The smallest absolute Gasteiger partial charge is 0.236 e. The molecule has 0 saturated carbocycles. The van der Waals surface area contributed by atoms with Gasteiger partial charge in [-0.3, -0.25) is 14.6 Å². The van der Waals surface area contributed by atoms with E-state index in [0.717, 1.165) is 51.7 Å². The Morgan fingerprint density at radius 2 is 1.95 bits per heavy atom. The molecule has 3 aliphatic rings. The second kappa shape index (κ2) is 6.41. The van der Waals surface area contributed by atoms with Gasteiger partial charge < -0.3 is 10.2 Å². The van der Waals surface area contributed by atoms with Gasteiger partial charge in [0.05, 0.1) is 6.54 Å². The second-order valence-corrected chi connectivity index (χ2v) is 6.56. The van der Waals surface area contributed by atoms with Gasteiger partial charge in [0.15, 0.2) is 0 Å². The lowest BCUT2D eigenvalue weighted by atomic mass is 10.1. The molecular formula is C15H28N4O. The third kappa shape index (κ3) is 3.15. The van der Waals surface area contributed by atoms with E-state index in [0.29, 0.717) is 18.5 Å². The number of nitrogens with one attached hydrogen (secondary N) is 1. The van der Waals surface area contributed by atoms with Gasteiger partial charge in [0.1, 0.15) is 0 Å². The first-order chi connectivity index (χ1) is 9.74. The Balaban J connectivity index is 1.53. The highest BCUT2D eigenvalue weighted by Crippen LogP contribution is 2.28. The van der Waals surface area contributed by atoms with Crippen molar-refractivity contribution in [2.45, 2.75) is 37.8 Å². The number of amides is 1. The van der Waals surface area contributed by atoms with Crippen LogP contribution in [0.4, 0.5) is 0 Å². The molecule has 2 bridgehead atoms. The molecule has 0 aromatic heterocycles. The zero-order valence-electron chi connectivity index (χ0n) is 12.7. The SMILES string of the molecule is CN1C2CCC1CN(CC(=O)N1CCCNCC1)CC2. The Morgan fingerprint density at radius 1 is 1.10 bits per heavy atom. The molecule has 2 unspecified atom stereocenters. The number of fused-ring (bicyclic) bond motifs is 2. The number of nitrogens with zero attached hydrogens (tertiary/aromatic N) is 3. The van der Waals surface area contributed by atoms with Crippen molar-refractivity contribution in [3.05, 3.63) is 0 Å². The van der Waals surface area contributed by atoms with Gasteiger partial charge >= 0.3 is 0 Å². The molecule has 0 aliphatic carbocycles. The van der Waals surface area contributed by atoms with Gasteiger partial charge in [-0.2, -0.15) is 0 Å². The maximum Gasteiger partial charge on any atom is 0.236 e. The highest BCUT2D eigenvalue weighted by atomic mass is 16.2. The molecule has 20 heavy (non-hydrogen) atoms. The molecule has 3 saturated heterocycles. The predicted molar refractivity (Wildman–Crippen MR) is 79.7 cm³/mol. The van der Waals surface area contributed by atoms with Gasteiger partial charge in [0, 0.05) is 44.8 Å². The van der Waals surface area contributed by atoms with Gasteiger partial charge in [-0.15, -0.1) is 0 Å². The van der Waals surface area contributed by atoms with Gasteiger partial charge in [-0.05, 0) is 39.3 Å². The number of hydrogen-bond donors (Lipinski definition) is 1. The van der Waals surface area contributed by atoms with Crippen LogP contribution >= 0.6 is 0 Å². The van der Waals surface area contributed by atoms with Crippen molar-refractivity contribution in [1.82, 2.24) is 20.0 Å². The van der Waals surface area contributed by atoms with Crippen molar-refractivity contribution in [3.8, 4) is 0 Å². The van der Waals surface area contributed by atoms with Crippen molar-refractivity contribution in [2.24, 2.45) is 0 Å². The van der Waals surface area contributed by atoms with E-state index < -0.39 is 0 Å². The molecule has 1 N–H and O–H groups in total. The molecule has 0 aromatic rings. The van der Waals surface area contributed by atoms with Gasteiger partial charge in [-0.1, -0.05) is 0 Å². The Bertz CT molecular complexity index is 341.